The van der Waals surface area contributed by atoms with Crippen LogP contribution in [0.2, 0.25) is 0 Å². The first-order valence-electron chi connectivity index (χ1n) is 9.25. The molecule has 1 saturated heterocycles. The number of amides is 1. The van der Waals surface area contributed by atoms with Crippen LogP contribution in [0.4, 0.5) is 0 Å². The lowest BCUT2D eigenvalue weighted by molar-refractivity contribution is -0.151. The Morgan fingerprint density at radius 1 is 1.43 bits per heavy atom. The number of hydrogen-bond donors (Lipinski definition) is 2. The molecule has 3 heterocycles. The summed E-state index contributed by atoms with van der Waals surface area (Å²) in [4.78, 5) is 26.8. The number of carbonyl (C=O) groups excluding carboxylic acids is 1. The van der Waals surface area contributed by atoms with Crippen LogP contribution in [0.25, 0.3) is 0 Å². The number of hydrogen-bond acceptors (Lipinski definition) is 5. The number of carboxylic acids is 1. The van der Waals surface area contributed by atoms with Gasteiger partial charge in [-0.15, -0.1) is 0 Å². The summed E-state index contributed by atoms with van der Waals surface area (Å²) in [6.45, 7) is 4.37. The molecule has 2 atom stereocenters. The number of nitrogens with one attached hydrogen (secondary N) is 1. The largest absolute Gasteiger partial charge is 0.493 e. The number of fused-ring (bicyclic) bond motifs is 3. The summed E-state index contributed by atoms with van der Waals surface area (Å²) in [5.41, 5.74) is 0.737. The van der Waals surface area contributed by atoms with Gasteiger partial charge in [-0.05, 0) is 18.1 Å². The van der Waals surface area contributed by atoms with Crippen molar-refractivity contribution >= 4 is 11.9 Å². The monoisotopic (exact) mass is 385 g/mol. The van der Waals surface area contributed by atoms with E-state index >= 15 is 0 Å². The molecule has 4 rings (SSSR count). The third-order valence-electron chi connectivity index (χ3n) is 5.77. The minimum Gasteiger partial charge on any atom is -0.493 e. The maximum Gasteiger partial charge on any atom is 0.315 e. The number of nitrogens with zero attached hydrogens (tertiary/aromatic N) is 2. The van der Waals surface area contributed by atoms with Crippen molar-refractivity contribution in [3.63, 3.8) is 0 Å². The van der Waals surface area contributed by atoms with E-state index in [0.717, 1.165) is 11.3 Å². The van der Waals surface area contributed by atoms with Crippen molar-refractivity contribution in [2.45, 2.75) is 25.7 Å². The Labute approximate surface area is 162 Å². The SMILES string of the molecule is COc1cccc2c1OC[C@]1(C(=O)O)CN(C(=O)c3cc(C(C)C)[nH]n3)C[C@H]21. The van der Waals surface area contributed by atoms with Crippen LogP contribution < -0.4 is 9.47 Å². The van der Waals surface area contributed by atoms with Crippen molar-refractivity contribution in [1.82, 2.24) is 15.1 Å². The minimum atomic E-state index is -1.19. The first-order valence-corrected chi connectivity index (χ1v) is 9.25. The highest BCUT2D eigenvalue weighted by Gasteiger charge is 2.58. The molecule has 8 nitrogen and oxygen atoms in total. The maximum atomic E-state index is 13.0. The van der Waals surface area contributed by atoms with E-state index < -0.39 is 11.4 Å². The summed E-state index contributed by atoms with van der Waals surface area (Å²) in [7, 11) is 1.55. The number of para-hydroxylation sites is 1. The van der Waals surface area contributed by atoms with Crippen LogP contribution in [-0.2, 0) is 4.79 Å². The zero-order chi connectivity index (χ0) is 20.1. The van der Waals surface area contributed by atoms with Crippen LogP contribution in [0, 0.1) is 5.41 Å². The topological polar surface area (TPSA) is 105 Å². The highest BCUT2D eigenvalue weighted by molar-refractivity contribution is 5.94. The Balaban J connectivity index is 1.69. The summed E-state index contributed by atoms with van der Waals surface area (Å²) in [6, 6.07) is 7.17. The molecule has 2 N–H and O–H groups in total. The lowest BCUT2D eigenvalue weighted by Gasteiger charge is -2.36. The lowest BCUT2D eigenvalue weighted by Crippen LogP contribution is -2.46. The third kappa shape index (κ3) is 2.63. The third-order valence-corrected chi connectivity index (χ3v) is 5.77. The van der Waals surface area contributed by atoms with Gasteiger partial charge in [-0.3, -0.25) is 14.7 Å². The fraction of sp³-hybridized carbons (Fsp3) is 0.450. The van der Waals surface area contributed by atoms with Gasteiger partial charge in [-0.25, -0.2) is 0 Å². The average molecular weight is 385 g/mol. The zero-order valence-corrected chi connectivity index (χ0v) is 16.1. The van der Waals surface area contributed by atoms with E-state index in [0.29, 0.717) is 23.7 Å². The molecular formula is C20H23N3O5. The van der Waals surface area contributed by atoms with Crippen LogP contribution in [0.15, 0.2) is 24.3 Å². The Hall–Kier alpha value is -3.03. The van der Waals surface area contributed by atoms with Gasteiger partial charge in [-0.1, -0.05) is 26.0 Å². The highest BCUT2D eigenvalue weighted by atomic mass is 16.5. The number of aromatic amines is 1. The van der Waals surface area contributed by atoms with Gasteiger partial charge in [0.15, 0.2) is 11.5 Å². The molecule has 0 bridgehead atoms. The van der Waals surface area contributed by atoms with Crippen LogP contribution in [-0.4, -0.2) is 58.9 Å². The number of likely N-dealkylation sites (tertiary alicyclic amines) is 1. The molecule has 1 fully saturated rings. The number of carbonyl (C=O) groups is 2. The first kappa shape index (κ1) is 18.3. The van der Waals surface area contributed by atoms with Gasteiger partial charge in [0.2, 0.25) is 0 Å². The fourth-order valence-electron chi connectivity index (χ4n) is 4.11. The van der Waals surface area contributed by atoms with Crippen LogP contribution in [0.1, 0.15) is 47.4 Å². The Bertz CT molecular complexity index is 938. The number of ether oxygens (including phenoxy) is 2. The molecule has 1 amide bonds. The number of carboxylic acid groups (broad SMARTS) is 1. The predicted octanol–water partition coefficient (Wildman–Crippen LogP) is 2.24. The van der Waals surface area contributed by atoms with Crippen LogP contribution in [0.3, 0.4) is 0 Å². The summed E-state index contributed by atoms with van der Waals surface area (Å²) >= 11 is 0. The van der Waals surface area contributed by atoms with Gasteiger partial charge in [0.1, 0.15) is 17.7 Å². The van der Waals surface area contributed by atoms with E-state index in [4.69, 9.17) is 9.47 Å². The maximum absolute atomic E-state index is 13.0. The second-order valence-electron chi connectivity index (χ2n) is 7.73. The van der Waals surface area contributed by atoms with Gasteiger partial charge < -0.3 is 19.5 Å². The molecule has 0 unspecified atom stereocenters. The van der Waals surface area contributed by atoms with Gasteiger partial charge in [-0.2, -0.15) is 5.10 Å². The fourth-order valence-corrected chi connectivity index (χ4v) is 4.11. The number of aromatic nitrogens is 2. The van der Waals surface area contributed by atoms with Gasteiger partial charge in [0, 0.05) is 30.3 Å². The molecule has 0 aliphatic carbocycles. The minimum absolute atomic E-state index is 0.0119. The zero-order valence-electron chi connectivity index (χ0n) is 16.1. The molecular weight excluding hydrogens is 362 g/mol. The van der Waals surface area contributed by atoms with Crippen molar-refractivity contribution in [3.05, 3.63) is 41.2 Å². The van der Waals surface area contributed by atoms with E-state index in [2.05, 4.69) is 10.2 Å². The molecule has 1 aromatic heterocycles. The number of methoxy groups -OCH3 is 1. The molecule has 0 spiro atoms. The second-order valence-corrected chi connectivity index (χ2v) is 7.73. The molecule has 2 aliphatic heterocycles. The second kappa shape index (κ2) is 6.54. The predicted molar refractivity (Wildman–Crippen MR) is 99.9 cm³/mol. The average Bonchev–Trinajstić information content (AvgIpc) is 3.32. The van der Waals surface area contributed by atoms with E-state index in [1.54, 1.807) is 24.1 Å². The van der Waals surface area contributed by atoms with Crippen molar-refractivity contribution < 1.29 is 24.2 Å². The van der Waals surface area contributed by atoms with Crippen LogP contribution >= 0.6 is 0 Å². The number of benzene rings is 1. The van der Waals surface area contributed by atoms with Gasteiger partial charge in [0.25, 0.3) is 5.91 Å². The van der Waals surface area contributed by atoms with E-state index in [1.807, 2.05) is 26.0 Å². The molecule has 2 aliphatic rings. The van der Waals surface area contributed by atoms with Crippen molar-refractivity contribution in [2.24, 2.45) is 5.41 Å². The van der Waals surface area contributed by atoms with Crippen molar-refractivity contribution in [1.29, 1.82) is 0 Å². The molecule has 1 aromatic carbocycles. The van der Waals surface area contributed by atoms with Crippen molar-refractivity contribution in [3.8, 4) is 11.5 Å². The summed E-state index contributed by atoms with van der Waals surface area (Å²) in [6.07, 6.45) is 0. The number of aliphatic carboxylic acids is 1. The molecule has 2 aromatic rings. The lowest BCUT2D eigenvalue weighted by atomic mass is 9.73. The molecule has 8 heteroatoms. The number of H-pyrrole nitrogens is 1. The Morgan fingerprint density at radius 2 is 2.21 bits per heavy atom. The number of rotatable bonds is 4. The Morgan fingerprint density at radius 3 is 2.86 bits per heavy atom. The van der Waals surface area contributed by atoms with Crippen molar-refractivity contribution in [2.75, 3.05) is 26.8 Å². The molecule has 0 saturated carbocycles. The van der Waals surface area contributed by atoms with Gasteiger partial charge >= 0.3 is 5.97 Å². The summed E-state index contributed by atoms with van der Waals surface area (Å²) in [5.74, 6) is -0.281. The quantitative estimate of drug-likeness (QED) is 0.836. The summed E-state index contributed by atoms with van der Waals surface area (Å²) in [5, 5.41) is 17.0. The Kier molecular flexibility index (Phi) is 4.28. The highest BCUT2D eigenvalue weighted by Crippen LogP contribution is 2.52. The molecule has 148 valence electrons. The molecule has 28 heavy (non-hydrogen) atoms. The van der Waals surface area contributed by atoms with E-state index in [9.17, 15) is 14.7 Å². The van der Waals surface area contributed by atoms with E-state index in [1.165, 1.54) is 0 Å². The summed E-state index contributed by atoms with van der Waals surface area (Å²) < 4.78 is 11.2. The standard InChI is InChI=1S/C20H23N3O5/c1-11(2)14-7-15(22-21-14)18(24)23-8-13-12-5-4-6-16(27-3)17(12)28-10-20(13,9-23)19(25)26/h4-7,11,13H,8-10H2,1-3H3,(H,21,22)(H,25,26)/t13-,20-/m1/s1. The van der Waals surface area contributed by atoms with E-state index in [-0.39, 0.29) is 30.9 Å². The molecule has 0 radical (unpaired) electrons. The van der Waals surface area contributed by atoms with Gasteiger partial charge in [0.05, 0.1) is 7.11 Å². The smallest absolute Gasteiger partial charge is 0.315 e. The van der Waals surface area contributed by atoms with Crippen LogP contribution in [0.5, 0.6) is 11.5 Å². The normalized spacial score (nSPS) is 23.1. The first-order chi connectivity index (χ1) is 13.4.